The summed E-state index contributed by atoms with van der Waals surface area (Å²) in [6.07, 6.45) is -5.65. The Balaban J connectivity index is 0.000000162. The van der Waals surface area contributed by atoms with Gasteiger partial charge in [-0.25, -0.2) is 17.6 Å². The number of rotatable bonds is 0. The van der Waals surface area contributed by atoms with Crippen molar-refractivity contribution in [1.82, 2.24) is 10.2 Å². The van der Waals surface area contributed by atoms with Gasteiger partial charge in [0, 0.05) is 23.1 Å². The summed E-state index contributed by atoms with van der Waals surface area (Å²) in [6, 6.07) is 0. The predicted molar refractivity (Wildman–Crippen MR) is 63.0 cm³/mol. The standard InChI is InChI=1S/C7H5F5N2O.C6H8F2/c8-6(9)1-2-3(5(6)15)4(14-13-2)7(10,11)12;7-6(8)4-2-1-3-5(4)6/h5,15H,1H2,(H,13,14);4-5H,1-3H2. The van der Waals surface area contributed by atoms with E-state index in [2.05, 4.69) is 5.10 Å². The number of hydrogen-bond acceptors (Lipinski definition) is 2. The summed E-state index contributed by atoms with van der Waals surface area (Å²) in [4.78, 5) is 0. The van der Waals surface area contributed by atoms with Gasteiger partial charge in [-0.05, 0) is 12.8 Å². The van der Waals surface area contributed by atoms with Crippen LogP contribution in [0.25, 0.3) is 0 Å². The van der Waals surface area contributed by atoms with Crippen molar-refractivity contribution < 1.29 is 35.8 Å². The van der Waals surface area contributed by atoms with Crippen molar-refractivity contribution in [3.05, 3.63) is 17.0 Å². The highest BCUT2D eigenvalue weighted by atomic mass is 19.4. The Hall–Kier alpha value is -1.32. The number of hydrogen-bond donors (Lipinski definition) is 2. The van der Waals surface area contributed by atoms with E-state index < -0.39 is 41.8 Å². The fourth-order valence-electron chi connectivity index (χ4n) is 3.38. The van der Waals surface area contributed by atoms with Gasteiger partial charge in [0.1, 0.15) is 6.10 Å². The third-order valence-corrected chi connectivity index (χ3v) is 4.63. The molecule has 2 N–H and O–H groups in total. The lowest BCUT2D eigenvalue weighted by atomic mass is 10.1. The predicted octanol–water partition coefficient (Wildman–Crippen LogP) is 3.70. The van der Waals surface area contributed by atoms with Gasteiger partial charge in [0.05, 0.1) is 6.42 Å². The molecular weight excluding hydrogens is 333 g/mol. The zero-order valence-electron chi connectivity index (χ0n) is 11.6. The topological polar surface area (TPSA) is 48.9 Å². The molecule has 1 aromatic rings. The highest BCUT2D eigenvalue weighted by Gasteiger charge is 2.69. The molecule has 0 saturated heterocycles. The van der Waals surface area contributed by atoms with Gasteiger partial charge < -0.3 is 5.11 Å². The van der Waals surface area contributed by atoms with E-state index in [1.807, 2.05) is 5.10 Å². The van der Waals surface area contributed by atoms with Crippen molar-refractivity contribution >= 4 is 0 Å². The number of aromatic nitrogens is 2. The first-order chi connectivity index (χ1) is 10.5. The molecule has 3 aliphatic rings. The number of fused-ring (bicyclic) bond motifs is 2. The summed E-state index contributed by atoms with van der Waals surface area (Å²) in [6.45, 7) is 0. The first kappa shape index (κ1) is 16.5. The SMILES string of the molecule is FC1(F)C2CCCC21.OC1c2c(C(F)(F)F)n[nH]c2CC1(F)F. The molecule has 0 bridgehead atoms. The number of halogens is 7. The molecule has 130 valence electrons. The van der Waals surface area contributed by atoms with Gasteiger partial charge in [-0.3, -0.25) is 5.10 Å². The molecule has 1 heterocycles. The molecule has 3 unspecified atom stereocenters. The van der Waals surface area contributed by atoms with Crippen molar-refractivity contribution in [1.29, 1.82) is 0 Å². The average Bonchev–Trinajstić information content (AvgIpc) is 2.90. The Kier molecular flexibility index (Phi) is 3.48. The van der Waals surface area contributed by atoms with Crippen LogP contribution in [0.15, 0.2) is 0 Å². The van der Waals surface area contributed by atoms with Crippen LogP contribution in [0.3, 0.4) is 0 Å². The van der Waals surface area contributed by atoms with E-state index in [0.717, 1.165) is 19.3 Å². The van der Waals surface area contributed by atoms with Crippen LogP contribution in [0, 0.1) is 11.8 Å². The van der Waals surface area contributed by atoms with Crippen LogP contribution >= 0.6 is 0 Å². The fourth-order valence-corrected chi connectivity index (χ4v) is 3.38. The van der Waals surface area contributed by atoms with Crippen molar-refractivity contribution in [2.75, 3.05) is 0 Å². The average molecular weight is 346 g/mol. The van der Waals surface area contributed by atoms with E-state index in [-0.39, 0.29) is 17.5 Å². The molecule has 3 atom stereocenters. The van der Waals surface area contributed by atoms with Crippen LogP contribution in [-0.4, -0.2) is 27.1 Å². The largest absolute Gasteiger partial charge is 0.435 e. The maximum atomic E-state index is 12.9. The van der Waals surface area contributed by atoms with E-state index >= 15 is 0 Å². The Morgan fingerprint density at radius 1 is 1.09 bits per heavy atom. The first-order valence-electron chi connectivity index (χ1n) is 7.04. The van der Waals surface area contributed by atoms with E-state index in [1.165, 1.54) is 0 Å². The monoisotopic (exact) mass is 346 g/mol. The van der Waals surface area contributed by atoms with Crippen LogP contribution in [0.5, 0.6) is 0 Å². The lowest BCUT2D eigenvalue weighted by Crippen LogP contribution is -2.24. The minimum atomic E-state index is -4.84. The number of aliphatic hydroxyl groups excluding tert-OH is 1. The molecule has 10 heteroatoms. The second-order valence-electron chi connectivity index (χ2n) is 6.12. The van der Waals surface area contributed by atoms with Gasteiger partial charge in [0.15, 0.2) is 5.69 Å². The summed E-state index contributed by atoms with van der Waals surface area (Å²) in [5, 5.41) is 13.8. The summed E-state index contributed by atoms with van der Waals surface area (Å²) in [5.41, 5.74) is -2.67. The molecule has 2 fully saturated rings. The normalized spacial score (nSPS) is 32.8. The van der Waals surface area contributed by atoms with Crippen molar-refractivity contribution in [3.8, 4) is 0 Å². The number of aliphatic hydroxyl groups is 1. The fraction of sp³-hybridized carbons (Fsp3) is 0.769. The molecule has 0 aliphatic heterocycles. The number of nitrogens with one attached hydrogen (secondary N) is 1. The Morgan fingerprint density at radius 2 is 1.65 bits per heavy atom. The number of H-pyrrole nitrogens is 1. The van der Waals surface area contributed by atoms with E-state index in [0.29, 0.717) is 0 Å². The van der Waals surface area contributed by atoms with E-state index in [1.54, 1.807) is 0 Å². The van der Waals surface area contributed by atoms with Gasteiger partial charge in [0.25, 0.3) is 11.8 Å². The molecule has 0 radical (unpaired) electrons. The molecule has 0 spiro atoms. The molecule has 3 nitrogen and oxygen atoms in total. The molecular formula is C13H13F7N2O. The smallest absolute Gasteiger partial charge is 0.382 e. The second-order valence-corrected chi connectivity index (χ2v) is 6.12. The minimum absolute atomic E-state index is 0.206. The number of alkyl halides is 7. The maximum absolute atomic E-state index is 12.9. The number of nitrogens with zero attached hydrogens (tertiary/aromatic N) is 1. The highest BCUT2D eigenvalue weighted by molar-refractivity contribution is 5.37. The summed E-state index contributed by atoms with van der Waals surface area (Å²) in [5.74, 6) is -6.22. The summed E-state index contributed by atoms with van der Waals surface area (Å²) < 4.78 is 87.0. The zero-order chi connectivity index (χ0) is 17.2. The van der Waals surface area contributed by atoms with Gasteiger partial charge in [-0.15, -0.1) is 0 Å². The summed E-state index contributed by atoms with van der Waals surface area (Å²) >= 11 is 0. The van der Waals surface area contributed by atoms with Crippen molar-refractivity contribution in [2.24, 2.45) is 11.8 Å². The molecule has 1 aromatic heterocycles. The molecule has 4 rings (SSSR count). The van der Waals surface area contributed by atoms with Gasteiger partial charge in [-0.1, -0.05) is 6.42 Å². The van der Waals surface area contributed by atoms with Crippen molar-refractivity contribution in [2.45, 2.75) is 49.8 Å². The van der Waals surface area contributed by atoms with Crippen molar-refractivity contribution in [3.63, 3.8) is 0 Å². The molecule has 0 aromatic carbocycles. The minimum Gasteiger partial charge on any atom is -0.382 e. The highest BCUT2D eigenvalue weighted by Crippen LogP contribution is 2.63. The first-order valence-corrected chi connectivity index (χ1v) is 7.04. The quantitative estimate of drug-likeness (QED) is 0.704. The van der Waals surface area contributed by atoms with Gasteiger partial charge in [-0.2, -0.15) is 18.3 Å². The van der Waals surface area contributed by atoms with Crippen LogP contribution in [-0.2, 0) is 12.6 Å². The van der Waals surface area contributed by atoms with Crippen LogP contribution in [0.4, 0.5) is 30.7 Å². The second kappa shape index (κ2) is 4.84. The van der Waals surface area contributed by atoms with Crippen LogP contribution in [0.2, 0.25) is 0 Å². The van der Waals surface area contributed by atoms with E-state index in [9.17, 15) is 30.7 Å². The van der Waals surface area contributed by atoms with Crippen LogP contribution in [0.1, 0.15) is 42.3 Å². The maximum Gasteiger partial charge on any atom is 0.435 e. The zero-order valence-corrected chi connectivity index (χ0v) is 11.6. The molecule has 23 heavy (non-hydrogen) atoms. The molecule has 0 amide bonds. The summed E-state index contributed by atoms with van der Waals surface area (Å²) in [7, 11) is 0. The Labute approximate surface area is 125 Å². The lowest BCUT2D eigenvalue weighted by molar-refractivity contribution is -0.146. The third-order valence-electron chi connectivity index (χ3n) is 4.63. The Bertz CT molecular complexity index is 598. The molecule has 3 aliphatic carbocycles. The van der Waals surface area contributed by atoms with Crippen LogP contribution < -0.4 is 0 Å². The van der Waals surface area contributed by atoms with E-state index in [4.69, 9.17) is 5.11 Å². The molecule has 2 saturated carbocycles. The van der Waals surface area contributed by atoms with Gasteiger partial charge >= 0.3 is 6.18 Å². The third kappa shape index (κ3) is 2.60. The number of aromatic amines is 1. The lowest BCUT2D eigenvalue weighted by Gasteiger charge is -2.14. The van der Waals surface area contributed by atoms with Gasteiger partial charge in [0.2, 0.25) is 0 Å². The Morgan fingerprint density at radius 3 is 2.09 bits per heavy atom.